The van der Waals surface area contributed by atoms with Crippen LogP contribution in [0.4, 0.5) is 0 Å². The predicted octanol–water partition coefficient (Wildman–Crippen LogP) is 2.45. The van der Waals surface area contributed by atoms with Gasteiger partial charge in [-0.1, -0.05) is 6.07 Å². The van der Waals surface area contributed by atoms with Crippen LogP contribution >= 0.6 is 12.4 Å². The molecule has 2 rings (SSSR count). The van der Waals surface area contributed by atoms with Crippen molar-refractivity contribution in [2.75, 3.05) is 20.2 Å². The Morgan fingerprint density at radius 2 is 2.35 bits per heavy atom. The molecule has 0 amide bonds. The summed E-state index contributed by atoms with van der Waals surface area (Å²) in [5.41, 5.74) is 0.650. The molecule has 1 saturated heterocycles. The van der Waals surface area contributed by atoms with Crippen molar-refractivity contribution in [2.45, 2.75) is 18.9 Å². The number of nitrogens with zero attached hydrogens (tertiary/aromatic N) is 2. The smallest absolute Gasteiger partial charge is 0.120 e. The molecule has 0 radical (unpaired) electrons. The summed E-state index contributed by atoms with van der Waals surface area (Å²) in [6, 6.07) is 9.96. The van der Waals surface area contributed by atoms with Gasteiger partial charge in [0.05, 0.1) is 11.6 Å². The Bertz CT molecular complexity index is 403. The lowest BCUT2D eigenvalue weighted by atomic mass is 10.2. The van der Waals surface area contributed by atoms with Gasteiger partial charge in [0.25, 0.3) is 0 Å². The van der Waals surface area contributed by atoms with Crippen LogP contribution in [-0.2, 0) is 0 Å². The standard InChI is InChI=1S/C13H16N2O.ClH/c1-15-7-3-5-12(15)10-16-13-6-2-4-11(8-13)9-14;/h2,4,6,8,12H,3,5,7,10H2,1H3;1H. The van der Waals surface area contributed by atoms with Crippen molar-refractivity contribution in [2.24, 2.45) is 0 Å². The number of benzene rings is 1. The maximum atomic E-state index is 8.77. The van der Waals surface area contributed by atoms with E-state index in [-0.39, 0.29) is 12.4 Å². The van der Waals surface area contributed by atoms with Crippen molar-refractivity contribution in [1.82, 2.24) is 4.90 Å². The van der Waals surface area contributed by atoms with Gasteiger partial charge in [0.1, 0.15) is 12.4 Å². The summed E-state index contributed by atoms with van der Waals surface area (Å²) in [6.45, 7) is 1.87. The van der Waals surface area contributed by atoms with E-state index in [1.807, 2.05) is 12.1 Å². The number of likely N-dealkylation sites (tertiary alicyclic amines) is 1. The Balaban J connectivity index is 0.00000144. The highest BCUT2D eigenvalue weighted by Gasteiger charge is 2.21. The van der Waals surface area contributed by atoms with Crippen LogP contribution in [0.5, 0.6) is 5.75 Å². The van der Waals surface area contributed by atoms with Crippen LogP contribution in [0, 0.1) is 11.3 Å². The molecule has 1 heterocycles. The number of likely N-dealkylation sites (N-methyl/N-ethyl adjacent to an activating group) is 1. The van der Waals surface area contributed by atoms with Crippen molar-refractivity contribution >= 4 is 12.4 Å². The lowest BCUT2D eigenvalue weighted by Gasteiger charge is -2.19. The highest BCUT2D eigenvalue weighted by Crippen LogP contribution is 2.18. The van der Waals surface area contributed by atoms with Crippen molar-refractivity contribution in [3.05, 3.63) is 29.8 Å². The van der Waals surface area contributed by atoms with E-state index in [0.717, 1.165) is 12.3 Å². The Morgan fingerprint density at radius 3 is 3.00 bits per heavy atom. The van der Waals surface area contributed by atoms with E-state index in [2.05, 4.69) is 18.0 Å². The number of hydrogen-bond donors (Lipinski definition) is 0. The normalized spacial score (nSPS) is 19.4. The van der Waals surface area contributed by atoms with Gasteiger partial charge in [0, 0.05) is 6.04 Å². The Hall–Kier alpha value is -1.24. The van der Waals surface area contributed by atoms with Gasteiger partial charge in [-0.2, -0.15) is 5.26 Å². The van der Waals surface area contributed by atoms with E-state index in [4.69, 9.17) is 10.00 Å². The summed E-state index contributed by atoms with van der Waals surface area (Å²) >= 11 is 0. The SMILES string of the molecule is CN1CCCC1COc1cccc(C#N)c1.Cl. The molecule has 0 saturated carbocycles. The summed E-state index contributed by atoms with van der Waals surface area (Å²) in [7, 11) is 2.13. The first-order chi connectivity index (χ1) is 7.79. The first-order valence-electron chi connectivity index (χ1n) is 5.63. The fraction of sp³-hybridized carbons (Fsp3) is 0.462. The van der Waals surface area contributed by atoms with Crippen LogP contribution in [0.2, 0.25) is 0 Å². The van der Waals surface area contributed by atoms with E-state index in [1.54, 1.807) is 12.1 Å². The van der Waals surface area contributed by atoms with Crippen LogP contribution in [-0.4, -0.2) is 31.1 Å². The molecule has 1 aliphatic rings. The molecule has 1 unspecified atom stereocenters. The molecular formula is C13H17ClN2O. The molecule has 1 aromatic carbocycles. The third kappa shape index (κ3) is 3.62. The maximum absolute atomic E-state index is 8.77. The zero-order valence-corrected chi connectivity index (χ0v) is 10.7. The summed E-state index contributed by atoms with van der Waals surface area (Å²) in [6.07, 6.45) is 2.46. The molecule has 1 aromatic rings. The van der Waals surface area contributed by atoms with Gasteiger partial charge in [-0.15, -0.1) is 12.4 Å². The summed E-state index contributed by atoms with van der Waals surface area (Å²) in [5, 5.41) is 8.77. The van der Waals surface area contributed by atoms with E-state index in [9.17, 15) is 0 Å². The fourth-order valence-electron chi connectivity index (χ4n) is 2.04. The van der Waals surface area contributed by atoms with Gasteiger partial charge in [-0.05, 0) is 44.6 Å². The van der Waals surface area contributed by atoms with Crippen LogP contribution in [0.3, 0.4) is 0 Å². The molecule has 3 nitrogen and oxygen atoms in total. The Labute approximate surface area is 108 Å². The number of ether oxygens (including phenoxy) is 1. The van der Waals surface area contributed by atoms with Gasteiger partial charge in [0.15, 0.2) is 0 Å². The Morgan fingerprint density at radius 1 is 1.53 bits per heavy atom. The van der Waals surface area contributed by atoms with Crippen molar-refractivity contribution < 1.29 is 4.74 Å². The molecule has 4 heteroatoms. The Kier molecular flexibility index (Phi) is 5.27. The molecule has 0 N–H and O–H groups in total. The van der Waals surface area contributed by atoms with Gasteiger partial charge < -0.3 is 9.64 Å². The third-order valence-corrected chi connectivity index (χ3v) is 3.08. The number of hydrogen-bond acceptors (Lipinski definition) is 3. The highest BCUT2D eigenvalue weighted by atomic mass is 35.5. The average Bonchev–Trinajstić information content (AvgIpc) is 2.72. The largest absolute Gasteiger partial charge is 0.492 e. The minimum atomic E-state index is 0. The van der Waals surface area contributed by atoms with E-state index < -0.39 is 0 Å². The second kappa shape index (κ2) is 6.48. The van der Waals surface area contributed by atoms with E-state index >= 15 is 0 Å². The fourth-order valence-corrected chi connectivity index (χ4v) is 2.04. The monoisotopic (exact) mass is 252 g/mol. The predicted molar refractivity (Wildman–Crippen MR) is 69.6 cm³/mol. The van der Waals surface area contributed by atoms with E-state index in [1.165, 1.54) is 12.8 Å². The lowest BCUT2D eigenvalue weighted by Crippen LogP contribution is -2.30. The van der Waals surface area contributed by atoms with E-state index in [0.29, 0.717) is 18.2 Å². The molecule has 1 atom stereocenters. The minimum Gasteiger partial charge on any atom is -0.492 e. The number of halogens is 1. The van der Waals surface area contributed by atoms with Crippen molar-refractivity contribution in [3.8, 4) is 11.8 Å². The molecule has 0 aliphatic carbocycles. The molecular weight excluding hydrogens is 236 g/mol. The molecule has 0 aromatic heterocycles. The van der Waals surface area contributed by atoms with Gasteiger partial charge in [0.2, 0.25) is 0 Å². The van der Waals surface area contributed by atoms with Crippen LogP contribution in [0.15, 0.2) is 24.3 Å². The topological polar surface area (TPSA) is 36.3 Å². The molecule has 0 bridgehead atoms. The minimum absolute atomic E-state index is 0. The lowest BCUT2D eigenvalue weighted by molar-refractivity contribution is 0.198. The van der Waals surface area contributed by atoms with Gasteiger partial charge >= 0.3 is 0 Å². The summed E-state index contributed by atoms with van der Waals surface area (Å²) < 4.78 is 5.71. The van der Waals surface area contributed by atoms with Gasteiger partial charge in [-0.25, -0.2) is 0 Å². The van der Waals surface area contributed by atoms with Crippen LogP contribution in [0.1, 0.15) is 18.4 Å². The van der Waals surface area contributed by atoms with Crippen molar-refractivity contribution in [3.63, 3.8) is 0 Å². The quantitative estimate of drug-likeness (QED) is 0.829. The highest BCUT2D eigenvalue weighted by molar-refractivity contribution is 5.85. The first-order valence-corrected chi connectivity index (χ1v) is 5.63. The second-order valence-corrected chi connectivity index (χ2v) is 4.23. The zero-order valence-electron chi connectivity index (χ0n) is 9.93. The third-order valence-electron chi connectivity index (χ3n) is 3.08. The molecule has 1 fully saturated rings. The van der Waals surface area contributed by atoms with Crippen molar-refractivity contribution in [1.29, 1.82) is 5.26 Å². The average molecular weight is 253 g/mol. The second-order valence-electron chi connectivity index (χ2n) is 4.23. The molecule has 1 aliphatic heterocycles. The molecule has 17 heavy (non-hydrogen) atoms. The maximum Gasteiger partial charge on any atom is 0.120 e. The summed E-state index contributed by atoms with van der Waals surface area (Å²) in [5.74, 6) is 0.791. The van der Waals surface area contributed by atoms with Crippen LogP contribution in [0.25, 0.3) is 0 Å². The van der Waals surface area contributed by atoms with Crippen LogP contribution < -0.4 is 4.74 Å². The zero-order chi connectivity index (χ0) is 11.4. The summed E-state index contributed by atoms with van der Waals surface area (Å²) in [4.78, 5) is 2.33. The molecule has 0 spiro atoms. The number of rotatable bonds is 3. The molecule has 92 valence electrons. The number of nitriles is 1. The first kappa shape index (κ1) is 13.8. The van der Waals surface area contributed by atoms with Gasteiger partial charge in [-0.3, -0.25) is 0 Å².